The number of aromatic nitrogens is 4. The topological polar surface area (TPSA) is 56.9 Å². The first-order chi connectivity index (χ1) is 10.3. The van der Waals surface area contributed by atoms with Crippen molar-refractivity contribution >= 4 is 0 Å². The Morgan fingerprint density at radius 2 is 2.10 bits per heavy atom. The molecular formula is C15H25N5O. The van der Waals surface area contributed by atoms with E-state index in [-0.39, 0.29) is 0 Å². The third kappa shape index (κ3) is 4.15. The molecule has 0 bridgehead atoms. The summed E-state index contributed by atoms with van der Waals surface area (Å²) in [5, 5.41) is 12.4. The lowest BCUT2D eigenvalue weighted by atomic mass is 10.3. The molecule has 0 aromatic carbocycles. The molecule has 2 aromatic heterocycles. The minimum Gasteiger partial charge on any atom is -0.383 e. The first-order valence-electron chi connectivity index (χ1n) is 7.54. The van der Waals surface area contributed by atoms with E-state index in [4.69, 9.17) is 4.74 Å². The van der Waals surface area contributed by atoms with Crippen LogP contribution in [0.15, 0.2) is 18.3 Å². The molecule has 0 aliphatic carbocycles. The van der Waals surface area contributed by atoms with Gasteiger partial charge in [0.05, 0.1) is 30.2 Å². The van der Waals surface area contributed by atoms with Crippen LogP contribution in [-0.4, -0.2) is 39.8 Å². The maximum Gasteiger partial charge on any atom is 0.0832 e. The summed E-state index contributed by atoms with van der Waals surface area (Å²) in [4.78, 5) is 0. The molecule has 2 heterocycles. The molecule has 0 spiro atoms. The Kier molecular flexibility index (Phi) is 5.95. The molecule has 21 heavy (non-hydrogen) atoms. The summed E-state index contributed by atoms with van der Waals surface area (Å²) >= 11 is 0. The second-order valence-electron chi connectivity index (χ2n) is 4.95. The van der Waals surface area contributed by atoms with E-state index in [2.05, 4.69) is 40.1 Å². The first kappa shape index (κ1) is 15.7. The molecule has 0 unspecified atom stereocenters. The van der Waals surface area contributed by atoms with Crippen LogP contribution in [0.1, 0.15) is 30.9 Å². The number of ether oxygens (including phenoxy) is 1. The van der Waals surface area contributed by atoms with E-state index < -0.39 is 0 Å². The molecule has 6 heteroatoms. The Morgan fingerprint density at radius 1 is 1.24 bits per heavy atom. The summed E-state index contributed by atoms with van der Waals surface area (Å²) in [6, 6.07) is 4.22. The van der Waals surface area contributed by atoms with Crippen molar-refractivity contribution < 1.29 is 4.74 Å². The lowest BCUT2D eigenvalue weighted by Gasteiger charge is -2.09. The summed E-state index contributed by atoms with van der Waals surface area (Å²) in [7, 11) is 1.71. The molecule has 0 amide bonds. The SMILES string of the molecule is CCc1cc(Cn2nccc2CNCCOC)n(CC)n1. The number of aryl methyl sites for hydroxylation is 2. The molecule has 0 radical (unpaired) electrons. The number of rotatable bonds is 9. The second kappa shape index (κ2) is 7.95. The van der Waals surface area contributed by atoms with Crippen molar-refractivity contribution in [3.05, 3.63) is 35.4 Å². The summed E-state index contributed by atoms with van der Waals surface area (Å²) in [5.41, 5.74) is 3.52. The van der Waals surface area contributed by atoms with Crippen molar-refractivity contribution in [1.29, 1.82) is 0 Å². The number of nitrogens with zero attached hydrogens (tertiary/aromatic N) is 4. The molecule has 1 N–H and O–H groups in total. The Morgan fingerprint density at radius 3 is 2.81 bits per heavy atom. The zero-order chi connectivity index (χ0) is 15.1. The molecule has 0 aliphatic heterocycles. The average Bonchev–Trinajstić information content (AvgIpc) is 3.10. The highest BCUT2D eigenvalue weighted by atomic mass is 16.5. The van der Waals surface area contributed by atoms with Gasteiger partial charge in [-0.05, 0) is 25.5 Å². The van der Waals surface area contributed by atoms with Crippen LogP contribution in [0.4, 0.5) is 0 Å². The van der Waals surface area contributed by atoms with Gasteiger partial charge in [-0.3, -0.25) is 9.36 Å². The maximum atomic E-state index is 5.04. The minimum absolute atomic E-state index is 0.719. The summed E-state index contributed by atoms with van der Waals surface area (Å²) < 4.78 is 9.12. The quantitative estimate of drug-likeness (QED) is 0.710. The van der Waals surface area contributed by atoms with E-state index in [1.807, 2.05) is 16.9 Å². The molecule has 0 aliphatic rings. The summed E-state index contributed by atoms with van der Waals surface area (Å²) in [6.45, 7) is 8.25. The van der Waals surface area contributed by atoms with Gasteiger partial charge in [-0.1, -0.05) is 6.92 Å². The fourth-order valence-electron chi connectivity index (χ4n) is 2.29. The van der Waals surface area contributed by atoms with Gasteiger partial charge in [-0.2, -0.15) is 10.2 Å². The predicted octanol–water partition coefficient (Wildman–Crippen LogP) is 1.45. The predicted molar refractivity (Wildman–Crippen MR) is 82.2 cm³/mol. The van der Waals surface area contributed by atoms with Crippen molar-refractivity contribution in [2.24, 2.45) is 0 Å². The third-order valence-corrected chi connectivity index (χ3v) is 3.48. The van der Waals surface area contributed by atoms with Gasteiger partial charge >= 0.3 is 0 Å². The van der Waals surface area contributed by atoms with Gasteiger partial charge in [0.15, 0.2) is 0 Å². The molecule has 0 fully saturated rings. The number of nitrogens with one attached hydrogen (secondary N) is 1. The largest absolute Gasteiger partial charge is 0.383 e. The smallest absolute Gasteiger partial charge is 0.0832 e. The molecular weight excluding hydrogens is 266 g/mol. The van der Waals surface area contributed by atoms with Gasteiger partial charge in [0, 0.05) is 32.9 Å². The van der Waals surface area contributed by atoms with Gasteiger partial charge in [-0.15, -0.1) is 0 Å². The average molecular weight is 291 g/mol. The van der Waals surface area contributed by atoms with Crippen molar-refractivity contribution in [2.75, 3.05) is 20.3 Å². The van der Waals surface area contributed by atoms with Crippen LogP contribution in [0.3, 0.4) is 0 Å². The van der Waals surface area contributed by atoms with Crippen LogP contribution < -0.4 is 5.32 Å². The standard InChI is InChI=1S/C15H25N5O/c1-4-13-10-15(19(5-2)18-13)12-20-14(6-7-17-20)11-16-8-9-21-3/h6-7,10,16H,4-5,8-9,11-12H2,1-3H3. The zero-order valence-electron chi connectivity index (χ0n) is 13.2. The highest BCUT2D eigenvalue weighted by molar-refractivity contribution is 5.12. The fraction of sp³-hybridized carbons (Fsp3) is 0.600. The molecule has 116 valence electrons. The normalized spacial score (nSPS) is 11.2. The van der Waals surface area contributed by atoms with Gasteiger partial charge in [-0.25, -0.2) is 0 Å². The van der Waals surface area contributed by atoms with E-state index in [9.17, 15) is 0 Å². The lowest BCUT2D eigenvalue weighted by molar-refractivity contribution is 0.199. The van der Waals surface area contributed by atoms with Crippen LogP contribution in [0.2, 0.25) is 0 Å². The summed E-state index contributed by atoms with van der Waals surface area (Å²) in [6.07, 6.45) is 2.81. The van der Waals surface area contributed by atoms with Crippen molar-refractivity contribution in [2.45, 2.75) is 39.9 Å². The fourth-order valence-corrected chi connectivity index (χ4v) is 2.29. The van der Waals surface area contributed by atoms with Crippen LogP contribution >= 0.6 is 0 Å². The molecule has 0 saturated heterocycles. The highest BCUT2D eigenvalue weighted by Gasteiger charge is 2.09. The van der Waals surface area contributed by atoms with Crippen LogP contribution in [0.5, 0.6) is 0 Å². The number of methoxy groups -OCH3 is 1. The number of hydrogen-bond acceptors (Lipinski definition) is 4. The van der Waals surface area contributed by atoms with E-state index >= 15 is 0 Å². The van der Waals surface area contributed by atoms with Crippen molar-refractivity contribution in [3.63, 3.8) is 0 Å². The van der Waals surface area contributed by atoms with Crippen molar-refractivity contribution in [1.82, 2.24) is 24.9 Å². The number of hydrogen-bond donors (Lipinski definition) is 1. The van der Waals surface area contributed by atoms with Gasteiger partial charge in [0.1, 0.15) is 0 Å². The van der Waals surface area contributed by atoms with E-state index in [1.165, 1.54) is 11.4 Å². The van der Waals surface area contributed by atoms with Crippen LogP contribution in [0.25, 0.3) is 0 Å². The highest BCUT2D eigenvalue weighted by Crippen LogP contribution is 2.09. The van der Waals surface area contributed by atoms with Gasteiger partial charge < -0.3 is 10.1 Å². The Bertz CT molecular complexity index is 546. The monoisotopic (exact) mass is 291 g/mol. The third-order valence-electron chi connectivity index (χ3n) is 3.48. The molecule has 2 aromatic rings. The minimum atomic E-state index is 0.719. The van der Waals surface area contributed by atoms with Crippen LogP contribution in [0, 0.1) is 0 Å². The van der Waals surface area contributed by atoms with Crippen LogP contribution in [-0.2, 0) is 30.8 Å². The molecule has 0 atom stereocenters. The summed E-state index contributed by atoms with van der Waals surface area (Å²) in [5.74, 6) is 0. The molecule has 6 nitrogen and oxygen atoms in total. The molecule has 0 saturated carbocycles. The van der Waals surface area contributed by atoms with Gasteiger partial charge in [0.25, 0.3) is 0 Å². The van der Waals surface area contributed by atoms with Crippen molar-refractivity contribution in [3.8, 4) is 0 Å². The van der Waals surface area contributed by atoms with E-state index in [0.29, 0.717) is 0 Å². The Hall–Kier alpha value is -1.66. The molecule has 2 rings (SSSR count). The van der Waals surface area contributed by atoms with Gasteiger partial charge in [0.2, 0.25) is 0 Å². The van der Waals surface area contributed by atoms with E-state index in [0.717, 1.165) is 44.9 Å². The maximum absolute atomic E-state index is 5.04. The van der Waals surface area contributed by atoms with E-state index in [1.54, 1.807) is 7.11 Å². The Labute approximate surface area is 126 Å². The Balaban J connectivity index is 2.02. The first-order valence-corrected chi connectivity index (χ1v) is 7.54. The second-order valence-corrected chi connectivity index (χ2v) is 4.95. The lowest BCUT2D eigenvalue weighted by Crippen LogP contribution is -2.21. The zero-order valence-corrected chi connectivity index (χ0v) is 13.2.